The molecule has 2 aliphatic rings. The first-order valence-electron chi connectivity index (χ1n) is 7.15. The zero-order valence-corrected chi connectivity index (χ0v) is 11.6. The van der Waals surface area contributed by atoms with Crippen LogP contribution in [0.25, 0.3) is 10.8 Å². The van der Waals surface area contributed by atoms with E-state index in [2.05, 4.69) is 15.6 Å². The second-order valence-corrected chi connectivity index (χ2v) is 5.16. The molecule has 2 aromatic rings. The number of pyridine rings is 1. The third kappa shape index (κ3) is 2.48. The molecule has 1 aromatic carbocycles. The molecule has 110 valence electrons. The summed E-state index contributed by atoms with van der Waals surface area (Å²) in [6.45, 7) is 3.56. The summed E-state index contributed by atoms with van der Waals surface area (Å²) in [5, 5.41) is 8.81. The Balaban J connectivity index is 1.59. The first-order chi connectivity index (χ1) is 10.4. The fraction of sp³-hybridized carbons (Fsp3) is 0.400. The first kappa shape index (κ1) is 12.7. The monoisotopic (exact) mass is 287 g/mol. The Kier molecular flexibility index (Phi) is 3.25. The van der Waals surface area contributed by atoms with E-state index in [0.717, 1.165) is 54.3 Å². The summed E-state index contributed by atoms with van der Waals surface area (Å²) in [6, 6.07) is 5.94. The van der Waals surface area contributed by atoms with E-state index in [-0.39, 0.29) is 12.9 Å². The number of morpholine rings is 1. The number of aromatic nitrogens is 1. The fourth-order valence-corrected chi connectivity index (χ4v) is 2.66. The Bertz CT molecular complexity index is 656. The van der Waals surface area contributed by atoms with E-state index in [0.29, 0.717) is 0 Å². The van der Waals surface area contributed by atoms with Crippen molar-refractivity contribution in [2.45, 2.75) is 6.10 Å². The maximum Gasteiger partial charge on any atom is 0.231 e. The van der Waals surface area contributed by atoms with Gasteiger partial charge in [-0.25, -0.2) is 4.98 Å². The van der Waals surface area contributed by atoms with Crippen molar-refractivity contribution in [3.63, 3.8) is 0 Å². The maximum atomic E-state index is 5.69. The Hall–Kier alpha value is -2.05. The molecule has 2 N–H and O–H groups in total. The van der Waals surface area contributed by atoms with E-state index in [1.165, 1.54) is 0 Å². The highest BCUT2D eigenvalue weighted by Crippen LogP contribution is 2.37. The van der Waals surface area contributed by atoms with Gasteiger partial charge in [0.05, 0.1) is 12.7 Å². The van der Waals surface area contributed by atoms with Crippen molar-refractivity contribution in [1.29, 1.82) is 0 Å². The second kappa shape index (κ2) is 5.38. The van der Waals surface area contributed by atoms with Gasteiger partial charge in [-0.2, -0.15) is 0 Å². The third-order valence-corrected chi connectivity index (χ3v) is 3.76. The summed E-state index contributed by atoms with van der Waals surface area (Å²) in [7, 11) is 0. The van der Waals surface area contributed by atoms with Gasteiger partial charge in [-0.1, -0.05) is 0 Å². The molecule has 3 heterocycles. The van der Waals surface area contributed by atoms with Crippen LogP contribution in [0.15, 0.2) is 24.4 Å². The minimum absolute atomic E-state index is 0.171. The molecule has 0 aliphatic carbocycles. The Labute approximate surface area is 122 Å². The van der Waals surface area contributed by atoms with E-state index in [1.807, 2.05) is 18.2 Å². The molecule has 1 fully saturated rings. The molecular weight excluding hydrogens is 270 g/mol. The van der Waals surface area contributed by atoms with Crippen LogP contribution < -0.4 is 20.1 Å². The van der Waals surface area contributed by atoms with Crippen LogP contribution in [0.5, 0.6) is 11.5 Å². The number of hydrogen-bond acceptors (Lipinski definition) is 6. The molecule has 21 heavy (non-hydrogen) atoms. The number of rotatable bonds is 3. The highest BCUT2D eigenvalue weighted by molar-refractivity contribution is 5.94. The summed E-state index contributed by atoms with van der Waals surface area (Å²) in [6.07, 6.45) is 1.97. The van der Waals surface area contributed by atoms with E-state index < -0.39 is 0 Å². The molecule has 1 unspecified atom stereocenters. The summed E-state index contributed by atoms with van der Waals surface area (Å²) in [5.74, 6) is 2.41. The van der Waals surface area contributed by atoms with Gasteiger partial charge in [-0.15, -0.1) is 0 Å². The Morgan fingerprint density at radius 1 is 1.29 bits per heavy atom. The predicted molar refractivity (Wildman–Crippen MR) is 79.0 cm³/mol. The molecule has 0 amide bonds. The smallest absolute Gasteiger partial charge is 0.231 e. The van der Waals surface area contributed by atoms with Crippen LogP contribution in [-0.2, 0) is 4.74 Å². The first-order valence-corrected chi connectivity index (χ1v) is 7.15. The van der Waals surface area contributed by atoms with Gasteiger partial charge in [-0.3, -0.25) is 0 Å². The SMILES string of the molecule is c1cc2cc3c(cc2c(NCC2CNCCO2)n1)OCO3. The molecule has 0 saturated carbocycles. The van der Waals surface area contributed by atoms with E-state index in [9.17, 15) is 0 Å². The van der Waals surface area contributed by atoms with Gasteiger partial charge in [0.25, 0.3) is 0 Å². The molecule has 1 saturated heterocycles. The van der Waals surface area contributed by atoms with Gasteiger partial charge < -0.3 is 24.8 Å². The van der Waals surface area contributed by atoms with Crippen molar-refractivity contribution in [2.24, 2.45) is 0 Å². The van der Waals surface area contributed by atoms with E-state index in [1.54, 1.807) is 6.20 Å². The molecule has 0 radical (unpaired) electrons. The Morgan fingerprint density at radius 2 is 2.19 bits per heavy atom. The number of fused-ring (bicyclic) bond motifs is 2. The number of ether oxygens (including phenoxy) is 3. The number of nitrogens with zero attached hydrogens (tertiary/aromatic N) is 1. The highest BCUT2D eigenvalue weighted by Gasteiger charge is 2.17. The lowest BCUT2D eigenvalue weighted by atomic mass is 10.1. The van der Waals surface area contributed by atoms with Gasteiger partial charge in [0.2, 0.25) is 6.79 Å². The van der Waals surface area contributed by atoms with Crippen LogP contribution in [-0.4, -0.2) is 44.1 Å². The van der Waals surface area contributed by atoms with Crippen LogP contribution in [0.1, 0.15) is 0 Å². The lowest BCUT2D eigenvalue weighted by Crippen LogP contribution is -2.42. The second-order valence-electron chi connectivity index (χ2n) is 5.16. The van der Waals surface area contributed by atoms with Crippen molar-refractivity contribution >= 4 is 16.6 Å². The average molecular weight is 287 g/mol. The minimum Gasteiger partial charge on any atom is -0.454 e. The molecule has 2 aliphatic heterocycles. The standard InChI is InChI=1S/C15H17N3O3/c1-2-17-15(18-8-11-7-16-3-4-19-11)12-6-14-13(5-10(1)12)20-9-21-14/h1-2,5-6,11,16H,3-4,7-9H2,(H,17,18). The lowest BCUT2D eigenvalue weighted by Gasteiger charge is -2.24. The summed E-state index contributed by atoms with van der Waals surface area (Å²) < 4.78 is 16.5. The van der Waals surface area contributed by atoms with E-state index in [4.69, 9.17) is 14.2 Å². The van der Waals surface area contributed by atoms with Gasteiger partial charge in [-0.05, 0) is 23.6 Å². The van der Waals surface area contributed by atoms with Crippen molar-refractivity contribution in [1.82, 2.24) is 10.3 Å². The average Bonchev–Trinajstić information content (AvgIpc) is 2.99. The molecule has 1 atom stereocenters. The normalized spacial score (nSPS) is 20.7. The van der Waals surface area contributed by atoms with Crippen LogP contribution in [0.2, 0.25) is 0 Å². The van der Waals surface area contributed by atoms with Gasteiger partial charge in [0.15, 0.2) is 11.5 Å². The molecule has 6 heteroatoms. The summed E-state index contributed by atoms with van der Waals surface area (Å²) >= 11 is 0. The molecule has 6 nitrogen and oxygen atoms in total. The molecule has 0 bridgehead atoms. The highest BCUT2D eigenvalue weighted by atomic mass is 16.7. The zero-order valence-electron chi connectivity index (χ0n) is 11.6. The molecule has 4 rings (SSSR count). The number of benzene rings is 1. The van der Waals surface area contributed by atoms with Gasteiger partial charge in [0, 0.05) is 31.2 Å². The van der Waals surface area contributed by atoms with Crippen molar-refractivity contribution < 1.29 is 14.2 Å². The predicted octanol–water partition coefficient (Wildman–Crippen LogP) is 1.36. The van der Waals surface area contributed by atoms with Crippen molar-refractivity contribution in [3.05, 3.63) is 24.4 Å². The number of nitrogens with one attached hydrogen (secondary N) is 2. The summed E-state index contributed by atoms with van der Waals surface area (Å²) in [4.78, 5) is 4.43. The van der Waals surface area contributed by atoms with Crippen LogP contribution in [0, 0.1) is 0 Å². The quantitative estimate of drug-likeness (QED) is 0.889. The molecule has 1 aromatic heterocycles. The zero-order chi connectivity index (χ0) is 14.1. The Morgan fingerprint density at radius 3 is 3.05 bits per heavy atom. The van der Waals surface area contributed by atoms with Crippen LogP contribution in [0.3, 0.4) is 0 Å². The van der Waals surface area contributed by atoms with Crippen molar-refractivity contribution in [2.75, 3.05) is 38.4 Å². The van der Waals surface area contributed by atoms with Crippen LogP contribution in [0.4, 0.5) is 5.82 Å². The minimum atomic E-state index is 0.171. The number of hydrogen-bond donors (Lipinski definition) is 2. The maximum absolute atomic E-state index is 5.69. The van der Waals surface area contributed by atoms with Crippen molar-refractivity contribution in [3.8, 4) is 11.5 Å². The third-order valence-electron chi connectivity index (χ3n) is 3.76. The topological polar surface area (TPSA) is 64.6 Å². The largest absolute Gasteiger partial charge is 0.454 e. The van der Waals surface area contributed by atoms with Gasteiger partial charge in [0.1, 0.15) is 5.82 Å². The van der Waals surface area contributed by atoms with Gasteiger partial charge >= 0.3 is 0 Å². The molecule has 0 spiro atoms. The lowest BCUT2D eigenvalue weighted by molar-refractivity contribution is 0.0372. The van der Waals surface area contributed by atoms with Crippen LogP contribution >= 0.6 is 0 Å². The fourth-order valence-electron chi connectivity index (χ4n) is 2.66. The summed E-state index contributed by atoms with van der Waals surface area (Å²) in [5.41, 5.74) is 0. The molecular formula is C15H17N3O3. The van der Waals surface area contributed by atoms with E-state index >= 15 is 0 Å². The number of anilines is 1.